The van der Waals surface area contributed by atoms with E-state index in [0.29, 0.717) is 13.2 Å². The van der Waals surface area contributed by atoms with E-state index in [1.54, 1.807) is 0 Å². The fourth-order valence-corrected chi connectivity index (χ4v) is 3.25. The highest BCUT2D eigenvalue weighted by Gasteiger charge is 2.38. The second kappa shape index (κ2) is 7.18. The summed E-state index contributed by atoms with van der Waals surface area (Å²) in [5.74, 6) is 0. The fraction of sp³-hybridized carbons (Fsp3) is 0.316. The SMILES string of the molecule is O=C(NCC1(c2ccc(Br)cc2)CCC1)OCc1ccccc1. The molecule has 2 aromatic carbocycles. The van der Waals surface area contributed by atoms with Crippen molar-refractivity contribution in [3.05, 3.63) is 70.2 Å². The van der Waals surface area contributed by atoms with Crippen LogP contribution in [0.3, 0.4) is 0 Å². The number of alkyl carbamates (subject to hydrolysis) is 1. The van der Waals surface area contributed by atoms with Crippen LogP contribution in [0.15, 0.2) is 59.1 Å². The van der Waals surface area contributed by atoms with Gasteiger partial charge in [0.1, 0.15) is 6.61 Å². The molecule has 1 amide bonds. The summed E-state index contributed by atoms with van der Waals surface area (Å²) in [6.07, 6.45) is 3.06. The van der Waals surface area contributed by atoms with Gasteiger partial charge in [-0.3, -0.25) is 0 Å². The van der Waals surface area contributed by atoms with E-state index in [4.69, 9.17) is 4.74 Å². The fourth-order valence-electron chi connectivity index (χ4n) is 2.99. The second-order valence-corrected chi connectivity index (χ2v) is 6.97. The van der Waals surface area contributed by atoms with Crippen LogP contribution in [0, 0.1) is 0 Å². The van der Waals surface area contributed by atoms with Crippen molar-refractivity contribution in [2.75, 3.05) is 6.54 Å². The molecule has 1 saturated carbocycles. The molecule has 120 valence electrons. The molecule has 2 aromatic rings. The lowest BCUT2D eigenvalue weighted by Gasteiger charge is -2.42. The first-order chi connectivity index (χ1) is 11.2. The van der Waals surface area contributed by atoms with Crippen LogP contribution >= 0.6 is 15.9 Å². The molecule has 1 fully saturated rings. The zero-order chi connectivity index (χ0) is 16.1. The highest BCUT2D eigenvalue weighted by atomic mass is 79.9. The lowest BCUT2D eigenvalue weighted by Crippen LogP contribution is -2.45. The molecule has 3 rings (SSSR count). The van der Waals surface area contributed by atoms with Crippen molar-refractivity contribution in [2.45, 2.75) is 31.3 Å². The van der Waals surface area contributed by atoms with Gasteiger partial charge in [0, 0.05) is 16.4 Å². The Morgan fingerprint density at radius 1 is 1.09 bits per heavy atom. The Morgan fingerprint density at radius 3 is 2.39 bits per heavy atom. The molecular weight excluding hydrogens is 354 g/mol. The van der Waals surface area contributed by atoms with E-state index >= 15 is 0 Å². The lowest BCUT2D eigenvalue weighted by molar-refractivity contribution is 0.131. The van der Waals surface area contributed by atoms with Gasteiger partial charge in [0.05, 0.1) is 0 Å². The van der Waals surface area contributed by atoms with Gasteiger partial charge in [0.2, 0.25) is 0 Å². The maximum Gasteiger partial charge on any atom is 0.407 e. The summed E-state index contributed by atoms with van der Waals surface area (Å²) in [7, 11) is 0. The van der Waals surface area contributed by atoms with E-state index in [2.05, 4.69) is 45.5 Å². The van der Waals surface area contributed by atoms with Gasteiger partial charge in [-0.1, -0.05) is 64.8 Å². The molecule has 0 saturated heterocycles. The zero-order valence-electron chi connectivity index (χ0n) is 12.9. The maximum absolute atomic E-state index is 11.9. The van der Waals surface area contributed by atoms with Crippen LogP contribution in [-0.2, 0) is 16.8 Å². The number of carbonyl (C=O) groups is 1. The molecule has 0 radical (unpaired) electrons. The van der Waals surface area contributed by atoms with Gasteiger partial charge in [-0.15, -0.1) is 0 Å². The van der Waals surface area contributed by atoms with Crippen molar-refractivity contribution in [1.82, 2.24) is 5.32 Å². The Balaban J connectivity index is 1.53. The minimum atomic E-state index is -0.350. The minimum absolute atomic E-state index is 0.0620. The Bertz CT molecular complexity index is 651. The van der Waals surface area contributed by atoms with Crippen LogP contribution in [-0.4, -0.2) is 12.6 Å². The van der Waals surface area contributed by atoms with E-state index in [-0.39, 0.29) is 11.5 Å². The molecule has 4 heteroatoms. The first kappa shape index (κ1) is 16.1. The third-order valence-corrected chi connectivity index (χ3v) is 5.08. The standard InChI is InChI=1S/C19H20BrNO2/c20-17-9-7-16(8-10-17)19(11-4-12-19)14-21-18(22)23-13-15-5-2-1-3-6-15/h1-3,5-10H,4,11-14H2,(H,21,22). The highest BCUT2D eigenvalue weighted by Crippen LogP contribution is 2.43. The average Bonchev–Trinajstić information content (AvgIpc) is 2.54. The number of ether oxygens (including phenoxy) is 1. The molecular formula is C19H20BrNO2. The van der Waals surface area contributed by atoms with Crippen molar-refractivity contribution in [3.63, 3.8) is 0 Å². The summed E-state index contributed by atoms with van der Waals surface area (Å²) in [6.45, 7) is 0.931. The number of hydrogen-bond acceptors (Lipinski definition) is 2. The van der Waals surface area contributed by atoms with Crippen LogP contribution in [0.25, 0.3) is 0 Å². The number of hydrogen-bond donors (Lipinski definition) is 1. The number of halogens is 1. The Hall–Kier alpha value is -1.81. The van der Waals surface area contributed by atoms with Gasteiger partial charge in [0.15, 0.2) is 0 Å². The monoisotopic (exact) mass is 373 g/mol. The number of benzene rings is 2. The van der Waals surface area contributed by atoms with Gasteiger partial charge in [-0.2, -0.15) is 0 Å². The molecule has 0 aromatic heterocycles. The van der Waals surface area contributed by atoms with E-state index in [1.165, 1.54) is 12.0 Å². The largest absolute Gasteiger partial charge is 0.445 e. The molecule has 1 aliphatic rings. The molecule has 0 bridgehead atoms. The number of carbonyl (C=O) groups excluding carboxylic acids is 1. The average molecular weight is 374 g/mol. The van der Waals surface area contributed by atoms with E-state index in [0.717, 1.165) is 22.9 Å². The minimum Gasteiger partial charge on any atom is -0.445 e. The van der Waals surface area contributed by atoms with Crippen molar-refractivity contribution in [1.29, 1.82) is 0 Å². The second-order valence-electron chi connectivity index (χ2n) is 6.06. The third kappa shape index (κ3) is 3.94. The number of amides is 1. The van der Waals surface area contributed by atoms with Crippen LogP contribution in [0.4, 0.5) is 4.79 Å². The van der Waals surface area contributed by atoms with Crippen LogP contribution in [0.5, 0.6) is 0 Å². The Morgan fingerprint density at radius 2 is 1.78 bits per heavy atom. The molecule has 0 heterocycles. The molecule has 1 N–H and O–H groups in total. The number of nitrogens with one attached hydrogen (secondary N) is 1. The molecule has 0 spiro atoms. The van der Waals surface area contributed by atoms with Crippen LogP contribution in [0.2, 0.25) is 0 Å². The van der Waals surface area contributed by atoms with Crippen LogP contribution < -0.4 is 5.32 Å². The van der Waals surface area contributed by atoms with Crippen molar-refractivity contribution in [3.8, 4) is 0 Å². The summed E-state index contributed by atoms with van der Waals surface area (Å²) >= 11 is 3.47. The Labute approximate surface area is 145 Å². The summed E-state index contributed by atoms with van der Waals surface area (Å²) < 4.78 is 6.36. The Kier molecular flexibility index (Phi) is 5.01. The summed E-state index contributed by atoms with van der Waals surface area (Å²) in [4.78, 5) is 11.9. The van der Waals surface area contributed by atoms with Crippen molar-refractivity contribution < 1.29 is 9.53 Å². The number of rotatable bonds is 5. The first-order valence-corrected chi connectivity index (χ1v) is 8.68. The summed E-state index contributed by atoms with van der Waals surface area (Å²) in [5.41, 5.74) is 2.34. The first-order valence-electron chi connectivity index (χ1n) is 7.89. The van der Waals surface area contributed by atoms with Gasteiger partial charge in [-0.05, 0) is 36.1 Å². The van der Waals surface area contributed by atoms with Crippen molar-refractivity contribution >= 4 is 22.0 Å². The lowest BCUT2D eigenvalue weighted by atomic mass is 9.64. The maximum atomic E-state index is 11.9. The molecule has 1 aliphatic carbocycles. The van der Waals surface area contributed by atoms with E-state index in [1.807, 2.05) is 30.3 Å². The molecule has 0 atom stereocenters. The predicted octanol–water partition coefficient (Wildman–Crippen LogP) is 4.80. The van der Waals surface area contributed by atoms with Crippen LogP contribution in [0.1, 0.15) is 30.4 Å². The smallest absolute Gasteiger partial charge is 0.407 e. The van der Waals surface area contributed by atoms with E-state index < -0.39 is 0 Å². The quantitative estimate of drug-likeness (QED) is 0.817. The summed E-state index contributed by atoms with van der Waals surface area (Å²) in [6, 6.07) is 18.1. The van der Waals surface area contributed by atoms with Gasteiger partial charge in [0.25, 0.3) is 0 Å². The normalized spacial score (nSPS) is 15.5. The molecule has 23 heavy (non-hydrogen) atoms. The topological polar surface area (TPSA) is 38.3 Å². The predicted molar refractivity (Wildman–Crippen MR) is 94.3 cm³/mol. The zero-order valence-corrected chi connectivity index (χ0v) is 14.5. The highest BCUT2D eigenvalue weighted by molar-refractivity contribution is 9.10. The van der Waals surface area contributed by atoms with Crippen molar-refractivity contribution in [2.24, 2.45) is 0 Å². The molecule has 0 unspecified atom stereocenters. The van der Waals surface area contributed by atoms with Gasteiger partial charge in [-0.25, -0.2) is 4.79 Å². The third-order valence-electron chi connectivity index (χ3n) is 4.55. The van der Waals surface area contributed by atoms with Gasteiger partial charge >= 0.3 is 6.09 Å². The van der Waals surface area contributed by atoms with Gasteiger partial charge < -0.3 is 10.1 Å². The summed E-state index contributed by atoms with van der Waals surface area (Å²) in [5, 5.41) is 2.94. The molecule has 3 nitrogen and oxygen atoms in total. The van der Waals surface area contributed by atoms with E-state index in [9.17, 15) is 4.79 Å². The molecule has 0 aliphatic heterocycles.